The number of fused-ring (bicyclic) bond motifs is 2. The maximum Gasteiger partial charge on any atom is 0.254 e. The van der Waals surface area contributed by atoms with Gasteiger partial charge in [0.1, 0.15) is 23.1 Å². The third kappa shape index (κ3) is 4.86. The van der Waals surface area contributed by atoms with Crippen LogP contribution in [0, 0.1) is 0 Å². The molecule has 2 atom stereocenters. The molecule has 3 aromatic rings. The molecule has 3 aromatic carbocycles. The molecule has 200 valence electrons. The number of amides is 2. The number of halogens is 1. The lowest BCUT2D eigenvalue weighted by atomic mass is 9.83. The lowest BCUT2D eigenvalue weighted by Crippen LogP contribution is -2.66. The van der Waals surface area contributed by atoms with Crippen molar-refractivity contribution in [1.82, 2.24) is 16.0 Å². The molecule has 3 N–H and O–H groups in total. The van der Waals surface area contributed by atoms with Crippen LogP contribution >= 0.6 is 15.9 Å². The van der Waals surface area contributed by atoms with Gasteiger partial charge in [0.2, 0.25) is 5.91 Å². The van der Waals surface area contributed by atoms with Crippen LogP contribution in [0.25, 0.3) is 10.8 Å². The van der Waals surface area contributed by atoms with Crippen LogP contribution in [-0.4, -0.2) is 56.7 Å². The van der Waals surface area contributed by atoms with E-state index in [0.29, 0.717) is 43.1 Å². The Balaban J connectivity index is 1.64. The van der Waals surface area contributed by atoms with Crippen LogP contribution in [0.3, 0.4) is 0 Å². The molecule has 2 heterocycles. The number of hydrogen-bond acceptors (Lipinski definition) is 6. The van der Waals surface area contributed by atoms with E-state index in [9.17, 15) is 9.59 Å². The maximum absolute atomic E-state index is 14.6. The van der Waals surface area contributed by atoms with Crippen molar-refractivity contribution in [2.24, 2.45) is 0 Å². The number of hydrogen-bond donors (Lipinski definition) is 3. The van der Waals surface area contributed by atoms with Crippen molar-refractivity contribution >= 4 is 44.2 Å². The Morgan fingerprint density at radius 1 is 1.21 bits per heavy atom. The molecule has 0 saturated carbocycles. The summed E-state index contributed by atoms with van der Waals surface area (Å²) in [6.07, 6.45) is 1.18. The molecule has 1 saturated heterocycles. The molecule has 38 heavy (non-hydrogen) atoms. The van der Waals surface area contributed by atoms with Gasteiger partial charge in [0.25, 0.3) is 5.91 Å². The quantitative estimate of drug-likeness (QED) is 0.411. The Morgan fingerprint density at radius 3 is 2.71 bits per heavy atom. The Morgan fingerprint density at radius 2 is 1.97 bits per heavy atom. The number of piperidine rings is 1. The zero-order valence-electron chi connectivity index (χ0n) is 21.8. The zero-order chi connectivity index (χ0) is 26.9. The van der Waals surface area contributed by atoms with Gasteiger partial charge in [-0.2, -0.15) is 0 Å². The van der Waals surface area contributed by atoms with Crippen LogP contribution in [-0.2, 0) is 16.1 Å². The smallest absolute Gasteiger partial charge is 0.254 e. The Kier molecular flexibility index (Phi) is 7.61. The molecule has 0 aromatic heterocycles. The van der Waals surface area contributed by atoms with Crippen LogP contribution in [0.5, 0.6) is 11.5 Å². The molecule has 0 bridgehead atoms. The molecule has 0 unspecified atom stereocenters. The number of ether oxygens (including phenoxy) is 2. The molecule has 5 rings (SSSR count). The van der Waals surface area contributed by atoms with Gasteiger partial charge in [-0.1, -0.05) is 40.2 Å². The third-order valence-electron chi connectivity index (χ3n) is 7.66. The maximum atomic E-state index is 14.6. The molecular weight excluding hydrogens is 548 g/mol. The monoisotopic (exact) mass is 580 g/mol. The predicted molar refractivity (Wildman–Crippen MR) is 152 cm³/mol. The largest absolute Gasteiger partial charge is 0.496 e. The third-order valence-corrected chi connectivity index (χ3v) is 8.15. The van der Waals surface area contributed by atoms with Gasteiger partial charge in [0, 0.05) is 22.9 Å². The van der Waals surface area contributed by atoms with Gasteiger partial charge in [-0.3, -0.25) is 9.59 Å². The summed E-state index contributed by atoms with van der Waals surface area (Å²) in [5.41, 5.74) is 0.685. The summed E-state index contributed by atoms with van der Waals surface area (Å²) in [4.78, 5) is 29.4. The minimum atomic E-state index is -0.871. The number of benzene rings is 3. The molecule has 0 aliphatic carbocycles. The number of likely N-dealkylation sites (N-methyl/N-ethyl adjacent to an activating group) is 1. The number of nitrogens with one attached hydrogen (secondary N) is 3. The number of anilines is 1. The second-order valence-electron chi connectivity index (χ2n) is 9.87. The first-order valence-electron chi connectivity index (χ1n) is 12.9. The van der Waals surface area contributed by atoms with E-state index in [2.05, 4.69) is 31.9 Å². The normalized spacial score (nSPS) is 19.4. The lowest BCUT2D eigenvalue weighted by Gasteiger charge is -2.42. The van der Waals surface area contributed by atoms with Crippen LogP contribution < -0.4 is 30.3 Å². The van der Waals surface area contributed by atoms with E-state index in [1.807, 2.05) is 54.6 Å². The van der Waals surface area contributed by atoms with Crippen molar-refractivity contribution in [2.75, 3.05) is 32.1 Å². The fraction of sp³-hybridized carbons (Fsp3) is 0.379. The topological polar surface area (TPSA) is 91.9 Å². The van der Waals surface area contributed by atoms with Crippen LogP contribution in [0.2, 0.25) is 0 Å². The van der Waals surface area contributed by atoms with Gasteiger partial charge in [-0.15, -0.1) is 0 Å². The van der Waals surface area contributed by atoms with Crippen LogP contribution in [0.15, 0.2) is 59.1 Å². The van der Waals surface area contributed by atoms with E-state index in [1.54, 1.807) is 26.0 Å². The molecular formula is C29H33BrN4O4. The average molecular weight is 582 g/mol. The van der Waals surface area contributed by atoms with Crippen molar-refractivity contribution in [1.29, 1.82) is 0 Å². The summed E-state index contributed by atoms with van der Waals surface area (Å²) in [7, 11) is 3.36. The van der Waals surface area contributed by atoms with Gasteiger partial charge < -0.3 is 30.3 Å². The number of methoxy groups -OCH3 is 1. The van der Waals surface area contributed by atoms with E-state index in [1.165, 1.54) is 0 Å². The molecule has 8 nitrogen and oxygen atoms in total. The summed E-state index contributed by atoms with van der Waals surface area (Å²) >= 11 is 3.56. The SMILES string of the molecule is CN[C@@H](C)C(=O)N[C@@H]1C(=O)N(Cc2c(OC)ccc3cc(Br)ccc23)c2ccccc2OC12CCNCC2. The van der Waals surface area contributed by atoms with Crippen LogP contribution in [0.1, 0.15) is 25.3 Å². The van der Waals surface area contributed by atoms with E-state index >= 15 is 0 Å². The Labute approximate surface area is 231 Å². The number of carbonyl (C=O) groups excluding carboxylic acids is 2. The van der Waals surface area contributed by atoms with E-state index in [4.69, 9.17) is 9.47 Å². The van der Waals surface area contributed by atoms with Crippen LogP contribution in [0.4, 0.5) is 5.69 Å². The molecule has 2 amide bonds. The minimum absolute atomic E-state index is 0.204. The van der Waals surface area contributed by atoms with Gasteiger partial charge in [0.15, 0.2) is 0 Å². The Bertz CT molecular complexity index is 1360. The van der Waals surface area contributed by atoms with E-state index in [-0.39, 0.29) is 18.4 Å². The minimum Gasteiger partial charge on any atom is -0.496 e. The second-order valence-corrected chi connectivity index (χ2v) is 10.8. The fourth-order valence-electron chi connectivity index (χ4n) is 5.40. The van der Waals surface area contributed by atoms with Crippen molar-refractivity contribution in [3.63, 3.8) is 0 Å². The lowest BCUT2D eigenvalue weighted by molar-refractivity contribution is -0.134. The van der Waals surface area contributed by atoms with Crippen molar-refractivity contribution in [2.45, 2.75) is 44.0 Å². The first-order valence-corrected chi connectivity index (χ1v) is 13.7. The van der Waals surface area contributed by atoms with Gasteiger partial charge in [-0.05, 0) is 68.2 Å². The highest BCUT2D eigenvalue weighted by Gasteiger charge is 2.51. The summed E-state index contributed by atoms with van der Waals surface area (Å²) in [5, 5.41) is 11.4. The summed E-state index contributed by atoms with van der Waals surface area (Å²) < 4.78 is 13.5. The zero-order valence-corrected chi connectivity index (χ0v) is 23.4. The number of rotatable bonds is 6. The highest BCUT2D eigenvalue weighted by Crippen LogP contribution is 2.42. The van der Waals surface area contributed by atoms with Crippen molar-refractivity contribution in [3.05, 3.63) is 64.6 Å². The van der Waals surface area contributed by atoms with Gasteiger partial charge in [0.05, 0.1) is 25.4 Å². The van der Waals surface area contributed by atoms with E-state index < -0.39 is 17.7 Å². The van der Waals surface area contributed by atoms with Gasteiger partial charge >= 0.3 is 0 Å². The summed E-state index contributed by atoms with van der Waals surface area (Å²) in [6, 6.07) is 16.3. The summed E-state index contributed by atoms with van der Waals surface area (Å²) in [6.45, 7) is 3.41. The Hall–Kier alpha value is -3.14. The van der Waals surface area contributed by atoms with Crippen molar-refractivity contribution in [3.8, 4) is 11.5 Å². The first kappa shape index (κ1) is 26.5. The summed E-state index contributed by atoms with van der Waals surface area (Å²) in [5.74, 6) is 0.870. The number of carbonyl (C=O) groups is 2. The second kappa shape index (κ2) is 10.9. The molecule has 2 aliphatic rings. The number of nitrogens with zero attached hydrogens (tertiary/aromatic N) is 1. The molecule has 2 aliphatic heterocycles. The fourth-order valence-corrected chi connectivity index (χ4v) is 5.78. The highest BCUT2D eigenvalue weighted by molar-refractivity contribution is 9.10. The molecule has 0 radical (unpaired) electrons. The molecule has 1 fully saturated rings. The van der Waals surface area contributed by atoms with E-state index in [0.717, 1.165) is 20.8 Å². The van der Waals surface area contributed by atoms with Crippen molar-refractivity contribution < 1.29 is 19.1 Å². The van der Waals surface area contributed by atoms with Gasteiger partial charge in [-0.25, -0.2) is 0 Å². The standard InChI is InChI=1S/C29H33BrN4O4/c1-18(31-2)27(35)33-26-28(36)34(17-22-21-10-9-20(30)16-19(21)8-11-24(22)37-3)23-6-4-5-7-25(23)38-29(26)12-14-32-15-13-29/h4-11,16,18,26,31-32H,12-15,17H2,1-3H3,(H,33,35)/t18-,26+/m0/s1. The molecule has 9 heteroatoms. The highest BCUT2D eigenvalue weighted by atomic mass is 79.9. The number of para-hydroxylation sites is 2. The average Bonchev–Trinajstić information content (AvgIpc) is 3.02. The predicted octanol–water partition coefficient (Wildman–Crippen LogP) is 3.75. The molecule has 1 spiro atoms. The first-order chi connectivity index (χ1) is 18.4.